The van der Waals surface area contributed by atoms with Gasteiger partial charge in [-0.1, -0.05) is 29.8 Å². The number of aromatic nitrogens is 1. The Bertz CT molecular complexity index is 1040. The maximum Gasteiger partial charge on any atom is 0.307 e. The number of nitrogens with zero attached hydrogens (tertiary/aromatic N) is 1. The number of fused-ring (bicyclic) bond motifs is 1. The SMILES string of the molecule is Cc1ccc(S(=O)(=O)NCCC(=O)OCc2nc3ccccc3s2)c(C)c1. The summed E-state index contributed by atoms with van der Waals surface area (Å²) in [7, 11) is -3.66. The van der Waals surface area contributed by atoms with Crippen molar-refractivity contribution in [3.63, 3.8) is 0 Å². The van der Waals surface area contributed by atoms with Gasteiger partial charge in [-0.05, 0) is 37.6 Å². The van der Waals surface area contributed by atoms with Crippen LogP contribution >= 0.6 is 11.3 Å². The van der Waals surface area contributed by atoms with E-state index in [0.717, 1.165) is 15.8 Å². The molecule has 0 unspecified atom stereocenters. The summed E-state index contributed by atoms with van der Waals surface area (Å²) in [5.41, 5.74) is 2.53. The number of carbonyl (C=O) groups excluding carboxylic acids is 1. The molecule has 0 aliphatic heterocycles. The molecular weight excluding hydrogens is 384 g/mol. The maximum atomic E-state index is 12.4. The number of sulfonamides is 1. The maximum absolute atomic E-state index is 12.4. The molecular formula is C19H20N2O4S2. The highest BCUT2D eigenvalue weighted by Gasteiger charge is 2.17. The van der Waals surface area contributed by atoms with Crippen molar-refractivity contribution in [1.29, 1.82) is 0 Å². The number of hydrogen-bond acceptors (Lipinski definition) is 6. The fourth-order valence-corrected chi connectivity index (χ4v) is 4.80. The molecule has 3 aromatic rings. The summed E-state index contributed by atoms with van der Waals surface area (Å²) in [5, 5.41) is 0.709. The third-order valence-electron chi connectivity index (χ3n) is 3.94. The van der Waals surface area contributed by atoms with Gasteiger partial charge in [-0.15, -0.1) is 11.3 Å². The summed E-state index contributed by atoms with van der Waals surface area (Å²) < 4.78 is 33.4. The average molecular weight is 405 g/mol. The highest BCUT2D eigenvalue weighted by Crippen LogP contribution is 2.22. The van der Waals surface area contributed by atoms with Crippen molar-refractivity contribution in [3.05, 3.63) is 58.6 Å². The van der Waals surface area contributed by atoms with Crippen LogP contribution < -0.4 is 4.72 Å². The van der Waals surface area contributed by atoms with E-state index in [1.807, 2.05) is 31.2 Å². The molecule has 6 nitrogen and oxygen atoms in total. The molecule has 3 rings (SSSR count). The van der Waals surface area contributed by atoms with Gasteiger partial charge in [0.1, 0.15) is 11.6 Å². The zero-order chi connectivity index (χ0) is 19.4. The van der Waals surface area contributed by atoms with E-state index in [9.17, 15) is 13.2 Å². The van der Waals surface area contributed by atoms with E-state index in [2.05, 4.69) is 9.71 Å². The first-order chi connectivity index (χ1) is 12.8. The topological polar surface area (TPSA) is 85.4 Å². The molecule has 0 radical (unpaired) electrons. The van der Waals surface area contributed by atoms with Gasteiger partial charge < -0.3 is 4.74 Å². The molecule has 0 amide bonds. The summed E-state index contributed by atoms with van der Waals surface area (Å²) in [4.78, 5) is 16.5. The predicted molar refractivity (Wildman–Crippen MR) is 105 cm³/mol. The number of benzene rings is 2. The number of hydrogen-bond donors (Lipinski definition) is 1. The third kappa shape index (κ3) is 4.91. The van der Waals surface area contributed by atoms with E-state index in [1.54, 1.807) is 25.1 Å². The second kappa shape index (κ2) is 8.16. The van der Waals surface area contributed by atoms with E-state index < -0.39 is 16.0 Å². The zero-order valence-electron chi connectivity index (χ0n) is 15.1. The van der Waals surface area contributed by atoms with Gasteiger partial charge in [0.05, 0.1) is 21.5 Å². The molecule has 0 fully saturated rings. The van der Waals surface area contributed by atoms with Crippen LogP contribution in [0.4, 0.5) is 0 Å². The molecule has 0 saturated heterocycles. The van der Waals surface area contributed by atoms with Crippen LogP contribution in [0.15, 0.2) is 47.4 Å². The van der Waals surface area contributed by atoms with Crippen LogP contribution in [-0.2, 0) is 26.2 Å². The quantitative estimate of drug-likeness (QED) is 0.611. The molecule has 0 saturated carbocycles. The smallest absolute Gasteiger partial charge is 0.307 e. The monoisotopic (exact) mass is 404 g/mol. The fraction of sp³-hybridized carbons (Fsp3) is 0.263. The lowest BCUT2D eigenvalue weighted by molar-refractivity contribution is -0.144. The summed E-state index contributed by atoms with van der Waals surface area (Å²) in [6.45, 7) is 3.71. The first-order valence-electron chi connectivity index (χ1n) is 8.42. The fourth-order valence-electron chi connectivity index (χ4n) is 2.66. The van der Waals surface area contributed by atoms with E-state index in [0.29, 0.717) is 10.6 Å². The first kappa shape index (κ1) is 19.5. The van der Waals surface area contributed by atoms with E-state index >= 15 is 0 Å². The summed E-state index contributed by atoms with van der Waals surface area (Å²) >= 11 is 1.47. The summed E-state index contributed by atoms with van der Waals surface area (Å²) in [6.07, 6.45) is -0.0466. The van der Waals surface area contributed by atoms with E-state index in [-0.39, 0.29) is 24.5 Å². The molecule has 8 heteroatoms. The van der Waals surface area contributed by atoms with Gasteiger partial charge in [-0.3, -0.25) is 4.79 Å². The van der Waals surface area contributed by atoms with Gasteiger partial charge >= 0.3 is 5.97 Å². The van der Waals surface area contributed by atoms with Gasteiger partial charge in [-0.25, -0.2) is 18.1 Å². The number of esters is 1. The molecule has 2 aromatic carbocycles. The number of para-hydroxylation sites is 1. The first-order valence-corrected chi connectivity index (χ1v) is 10.7. The van der Waals surface area contributed by atoms with Gasteiger partial charge in [0.25, 0.3) is 0 Å². The van der Waals surface area contributed by atoms with E-state index in [1.165, 1.54) is 11.3 Å². The van der Waals surface area contributed by atoms with Crippen molar-refractivity contribution in [1.82, 2.24) is 9.71 Å². The minimum atomic E-state index is -3.66. The Hall–Kier alpha value is -2.29. The highest BCUT2D eigenvalue weighted by molar-refractivity contribution is 7.89. The van der Waals surface area contributed by atoms with Gasteiger partial charge in [0.15, 0.2) is 0 Å². The summed E-state index contributed by atoms with van der Waals surface area (Å²) in [6, 6.07) is 12.8. The van der Waals surface area contributed by atoms with Gasteiger partial charge in [0, 0.05) is 6.54 Å². The molecule has 1 heterocycles. The molecule has 1 aromatic heterocycles. The lowest BCUT2D eigenvalue weighted by Gasteiger charge is -2.09. The number of thiazole rings is 1. The van der Waals surface area contributed by atoms with Crippen molar-refractivity contribution >= 4 is 37.5 Å². The number of carbonyl (C=O) groups is 1. The standard InChI is InChI=1S/C19H20N2O4S2/c1-13-7-8-17(14(2)11-13)27(23,24)20-10-9-19(22)25-12-18-21-15-5-3-4-6-16(15)26-18/h3-8,11,20H,9-10,12H2,1-2H3. The van der Waals surface area contributed by atoms with Crippen LogP contribution in [0.25, 0.3) is 10.2 Å². The van der Waals surface area contributed by atoms with Crippen molar-refractivity contribution in [3.8, 4) is 0 Å². The van der Waals surface area contributed by atoms with E-state index in [4.69, 9.17) is 4.74 Å². The van der Waals surface area contributed by atoms with Crippen LogP contribution in [0.5, 0.6) is 0 Å². The Labute approximate surface area is 162 Å². The lowest BCUT2D eigenvalue weighted by atomic mass is 10.2. The predicted octanol–water partition coefficient (Wildman–Crippen LogP) is 3.32. The van der Waals surface area contributed by atoms with Crippen LogP contribution in [0.2, 0.25) is 0 Å². The minimum Gasteiger partial charge on any atom is -0.458 e. The summed E-state index contributed by atoms with van der Waals surface area (Å²) in [5.74, 6) is -0.474. The van der Waals surface area contributed by atoms with Crippen LogP contribution in [0, 0.1) is 13.8 Å². The van der Waals surface area contributed by atoms with Crippen molar-refractivity contribution < 1.29 is 17.9 Å². The number of aryl methyl sites for hydroxylation is 2. The van der Waals surface area contributed by atoms with Gasteiger partial charge in [0.2, 0.25) is 10.0 Å². The average Bonchev–Trinajstić information content (AvgIpc) is 3.02. The molecule has 0 aliphatic carbocycles. The highest BCUT2D eigenvalue weighted by atomic mass is 32.2. The Morgan fingerprint density at radius 2 is 1.96 bits per heavy atom. The van der Waals surface area contributed by atoms with Crippen LogP contribution in [0.1, 0.15) is 22.6 Å². The third-order valence-corrected chi connectivity index (χ3v) is 6.57. The Morgan fingerprint density at radius 3 is 2.70 bits per heavy atom. The zero-order valence-corrected chi connectivity index (χ0v) is 16.7. The van der Waals surface area contributed by atoms with Gasteiger partial charge in [-0.2, -0.15) is 0 Å². The normalized spacial score (nSPS) is 11.6. The van der Waals surface area contributed by atoms with Crippen molar-refractivity contribution in [2.24, 2.45) is 0 Å². The number of rotatable bonds is 7. The Kier molecular flexibility index (Phi) is 5.88. The second-order valence-electron chi connectivity index (χ2n) is 6.15. The molecule has 142 valence electrons. The van der Waals surface area contributed by atoms with Crippen LogP contribution in [0.3, 0.4) is 0 Å². The molecule has 0 atom stereocenters. The molecule has 0 aliphatic rings. The van der Waals surface area contributed by atoms with Crippen molar-refractivity contribution in [2.45, 2.75) is 31.8 Å². The molecule has 1 N–H and O–H groups in total. The minimum absolute atomic E-state index is 0.0195. The molecule has 0 bridgehead atoms. The number of ether oxygens (including phenoxy) is 1. The Morgan fingerprint density at radius 1 is 1.19 bits per heavy atom. The molecule has 27 heavy (non-hydrogen) atoms. The second-order valence-corrected chi connectivity index (χ2v) is 9.00. The Balaban J connectivity index is 1.50. The van der Waals surface area contributed by atoms with Crippen molar-refractivity contribution in [2.75, 3.05) is 6.54 Å². The number of nitrogens with one attached hydrogen (secondary N) is 1. The largest absolute Gasteiger partial charge is 0.458 e. The van der Waals surface area contributed by atoms with Crippen LogP contribution in [-0.4, -0.2) is 25.9 Å². The lowest BCUT2D eigenvalue weighted by Crippen LogP contribution is -2.27. The molecule has 0 spiro atoms.